The van der Waals surface area contributed by atoms with Crippen molar-refractivity contribution in [1.82, 2.24) is 10.2 Å². The highest BCUT2D eigenvalue weighted by Crippen LogP contribution is 2.18. The van der Waals surface area contributed by atoms with E-state index in [9.17, 15) is 19.7 Å². The van der Waals surface area contributed by atoms with Gasteiger partial charge in [0.25, 0.3) is 5.69 Å². The first-order chi connectivity index (χ1) is 11.0. The third-order valence-electron chi connectivity index (χ3n) is 3.92. The number of rotatable bonds is 5. The summed E-state index contributed by atoms with van der Waals surface area (Å²) in [7, 11) is 0. The SMILES string of the molecule is O=C(O)C1CCCN(C(=O)NCCc2ccccc2[N+](=O)[O-])C1. The van der Waals surface area contributed by atoms with Gasteiger partial charge in [-0.05, 0) is 19.3 Å². The molecular weight excluding hydrogens is 302 g/mol. The molecule has 1 aliphatic heterocycles. The van der Waals surface area contributed by atoms with Crippen LogP contribution >= 0.6 is 0 Å². The molecule has 1 aromatic carbocycles. The molecule has 1 atom stereocenters. The maximum absolute atomic E-state index is 12.1. The molecule has 2 N–H and O–H groups in total. The van der Waals surface area contributed by atoms with E-state index in [4.69, 9.17) is 5.11 Å². The van der Waals surface area contributed by atoms with Crippen molar-refractivity contribution >= 4 is 17.7 Å². The van der Waals surface area contributed by atoms with Crippen molar-refractivity contribution in [3.8, 4) is 0 Å². The minimum absolute atomic E-state index is 0.0330. The molecular formula is C15H19N3O5. The first kappa shape index (κ1) is 16.7. The van der Waals surface area contributed by atoms with E-state index in [1.54, 1.807) is 18.2 Å². The lowest BCUT2D eigenvalue weighted by Crippen LogP contribution is -2.47. The van der Waals surface area contributed by atoms with Gasteiger partial charge in [0.2, 0.25) is 0 Å². The number of benzene rings is 1. The zero-order chi connectivity index (χ0) is 16.8. The van der Waals surface area contributed by atoms with Gasteiger partial charge < -0.3 is 15.3 Å². The van der Waals surface area contributed by atoms with Crippen LogP contribution in [0.3, 0.4) is 0 Å². The van der Waals surface area contributed by atoms with E-state index >= 15 is 0 Å². The topological polar surface area (TPSA) is 113 Å². The van der Waals surface area contributed by atoms with E-state index < -0.39 is 16.8 Å². The number of hydrogen-bond acceptors (Lipinski definition) is 4. The number of hydrogen-bond donors (Lipinski definition) is 2. The lowest BCUT2D eigenvalue weighted by molar-refractivity contribution is -0.385. The third-order valence-corrected chi connectivity index (χ3v) is 3.92. The number of nitro groups is 1. The van der Waals surface area contributed by atoms with Crippen molar-refractivity contribution in [2.45, 2.75) is 19.3 Å². The molecule has 8 nitrogen and oxygen atoms in total. The number of urea groups is 1. The minimum Gasteiger partial charge on any atom is -0.481 e. The van der Waals surface area contributed by atoms with E-state index in [0.29, 0.717) is 31.4 Å². The highest BCUT2D eigenvalue weighted by Gasteiger charge is 2.27. The van der Waals surface area contributed by atoms with E-state index in [0.717, 1.165) is 0 Å². The first-order valence-corrected chi connectivity index (χ1v) is 7.47. The molecule has 0 spiro atoms. The van der Waals surface area contributed by atoms with Gasteiger partial charge in [-0.15, -0.1) is 0 Å². The number of carbonyl (C=O) groups excluding carboxylic acids is 1. The van der Waals surface area contributed by atoms with Gasteiger partial charge in [-0.2, -0.15) is 0 Å². The van der Waals surface area contributed by atoms with Crippen LogP contribution in [0.5, 0.6) is 0 Å². The molecule has 0 aromatic heterocycles. The van der Waals surface area contributed by atoms with Crippen molar-refractivity contribution in [3.05, 3.63) is 39.9 Å². The van der Waals surface area contributed by atoms with Gasteiger partial charge in [-0.1, -0.05) is 18.2 Å². The Bertz CT molecular complexity index is 605. The highest BCUT2D eigenvalue weighted by atomic mass is 16.6. The maximum Gasteiger partial charge on any atom is 0.317 e. The number of para-hydroxylation sites is 1. The van der Waals surface area contributed by atoms with E-state index in [-0.39, 0.29) is 24.8 Å². The summed E-state index contributed by atoms with van der Waals surface area (Å²) in [6.45, 7) is 0.992. The van der Waals surface area contributed by atoms with Crippen molar-refractivity contribution in [3.63, 3.8) is 0 Å². The van der Waals surface area contributed by atoms with Crippen molar-refractivity contribution in [2.75, 3.05) is 19.6 Å². The van der Waals surface area contributed by atoms with Crippen LogP contribution in [0.4, 0.5) is 10.5 Å². The molecule has 0 bridgehead atoms. The number of piperidine rings is 1. The molecule has 0 saturated carbocycles. The maximum atomic E-state index is 12.1. The summed E-state index contributed by atoms with van der Waals surface area (Å²) in [5.41, 5.74) is 0.588. The Morgan fingerprint density at radius 1 is 1.39 bits per heavy atom. The normalized spacial score (nSPS) is 17.6. The fourth-order valence-corrected chi connectivity index (χ4v) is 2.68. The van der Waals surface area contributed by atoms with Gasteiger partial charge in [0, 0.05) is 31.3 Å². The van der Waals surface area contributed by atoms with Crippen LogP contribution in [0.2, 0.25) is 0 Å². The Morgan fingerprint density at radius 3 is 2.83 bits per heavy atom. The lowest BCUT2D eigenvalue weighted by atomic mass is 9.99. The second-order valence-corrected chi connectivity index (χ2v) is 5.49. The van der Waals surface area contributed by atoms with Crippen LogP contribution in [-0.2, 0) is 11.2 Å². The predicted molar refractivity (Wildman–Crippen MR) is 82.1 cm³/mol. The van der Waals surface area contributed by atoms with Crippen LogP contribution in [-0.4, -0.2) is 46.6 Å². The molecule has 1 unspecified atom stereocenters. The summed E-state index contributed by atoms with van der Waals surface area (Å²) in [5.74, 6) is -1.41. The number of nitro benzene ring substituents is 1. The number of nitrogens with zero attached hydrogens (tertiary/aromatic N) is 2. The largest absolute Gasteiger partial charge is 0.481 e. The summed E-state index contributed by atoms with van der Waals surface area (Å²) in [5, 5.41) is 22.6. The van der Waals surface area contributed by atoms with Gasteiger partial charge in [-0.25, -0.2) is 4.79 Å². The zero-order valence-corrected chi connectivity index (χ0v) is 12.6. The Morgan fingerprint density at radius 2 is 2.13 bits per heavy atom. The molecule has 23 heavy (non-hydrogen) atoms. The molecule has 1 aliphatic rings. The van der Waals surface area contributed by atoms with Crippen LogP contribution < -0.4 is 5.32 Å². The standard InChI is InChI=1S/C15H19N3O5/c19-14(20)12-5-3-9-17(10-12)15(21)16-8-7-11-4-1-2-6-13(11)18(22)23/h1-2,4,6,12H,3,5,7-10H2,(H,16,21)(H,19,20). The van der Waals surface area contributed by atoms with Crippen LogP contribution in [0.1, 0.15) is 18.4 Å². The summed E-state index contributed by atoms with van der Waals surface area (Å²) < 4.78 is 0. The molecule has 2 rings (SSSR count). The molecule has 0 radical (unpaired) electrons. The van der Waals surface area contributed by atoms with E-state index in [1.807, 2.05) is 0 Å². The van der Waals surface area contributed by atoms with Crippen LogP contribution in [0, 0.1) is 16.0 Å². The van der Waals surface area contributed by atoms with Gasteiger partial charge in [0.15, 0.2) is 0 Å². The summed E-state index contributed by atoms with van der Waals surface area (Å²) in [6, 6.07) is 6.08. The summed E-state index contributed by atoms with van der Waals surface area (Å²) in [4.78, 5) is 35.0. The number of likely N-dealkylation sites (tertiary alicyclic amines) is 1. The number of carboxylic acid groups (broad SMARTS) is 1. The predicted octanol–water partition coefficient (Wildman–Crippen LogP) is 1.64. The molecule has 1 fully saturated rings. The lowest BCUT2D eigenvalue weighted by Gasteiger charge is -2.30. The second kappa shape index (κ2) is 7.57. The Balaban J connectivity index is 1.85. The monoisotopic (exact) mass is 321 g/mol. The van der Waals surface area contributed by atoms with Crippen LogP contribution in [0.25, 0.3) is 0 Å². The van der Waals surface area contributed by atoms with E-state index in [1.165, 1.54) is 11.0 Å². The zero-order valence-electron chi connectivity index (χ0n) is 12.6. The van der Waals surface area contributed by atoms with Crippen molar-refractivity contribution < 1.29 is 19.6 Å². The van der Waals surface area contributed by atoms with Crippen molar-refractivity contribution in [1.29, 1.82) is 0 Å². The Labute approximate surface area is 133 Å². The molecule has 124 valence electrons. The van der Waals surface area contributed by atoms with E-state index in [2.05, 4.69) is 5.32 Å². The van der Waals surface area contributed by atoms with Crippen molar-refractivity contribution in [2.24, 2.45) is 5.92 Å². The Kier molecular flexibility index (Phi) is 5.51. The number of aliphatic carboxylic acids is 1. The average molecular weight is 321 g/mol. The van der Waals surface area contributed by atoms with Gasteiger partial charge >= 0.3 is 12.0 Å². The fraction of sp³-hybridized carbons (Fsp3) is 0.467. The number of carbonyl (C=O) groups is 2. The minimum atomic E-state index is -0.887. The van der Waals surface area contributed by atoms with Gasteiger partial charge in [0.05, 0.1) is 10.8 Å². The summed E-state index contributed by atoms with van der Waals surface area (Å²) in [6.07, 6.45) is 1.59. The van der Waals surface area contributed by atoms with Crippen LogP contribution in [0.15, 0.2) is 24.3 Å². The first-order valence-electron chi connectivity index (χ1n) is 7.47. The number of amides is 2. The molecule has 1 aromatic rings. The quantitative estimate of drug-likeness (QED) is 0.632. The van der Waals surface area contributed by atoms with Gasteiger partial charge in [-0.3, -0.25) is 14.9 Å². The molecule has 8 heteroatoms. The Hall–Kier alpha value is -2.64. The smallest absolute Gasteiger partial charge is 0.317 e. The highest BCUT2D eigenvalue weighted by molar-refractivity contribution is 5.76. The average Bonchev–Trinajstić information content (AvgIpc) is 2.55. The fourth-order valence-electron chi connectivity index (χ4n) is 2.68. The van der Waals surface area contributed by atoms with Gasteiger partial charge in [0.1, 0.15) is 0 Å². The molecule has 2 amide bonds. The third kappa shape index (κ3) is 4.41. The molecule has 0 aliphatic carbocycles. The number of carboxylic acids is 1. The molecule has 1 heterocycles. The molecule has 1 saturated heterocycles. The number of nitrogens with one attached hydrogen (secondary N) is 1. The second-order valence-electron chi connectivity index (χ2n) is 5.49. The summed E-state index contributed by atoms with van der Waals surface area (Å²) >= 11 is 0.